The second-order valence-corrected chi connectivity index (χ2v) is 10.6. The van der Waals surface area contributed by atoms with Gasteiger partial charge in [0.15, 0.2) is 0 Å². The third kappa shape index (κ3) is 5.31. The number of carbonyl (C=O) groups is 1. The van der Waals surface area contributed by atoms with Gasteiger partial charge < -0.3 is 25.0 Å². The zero-order valence-electron chi connectivity index (χ0n) is 21.2. The van der Waals surface area contributed by atoms with Gasteiger partial charge in [0, 0.05) is 17.7 Å². The van der Waals surface area contributed by atoms with Crippen LogP contribution in [0.4, 0.5) is 10.5 Å². The lowest BCUT2D eigenvalue weighted by Gasteiger charge is -2.30. The molecule has 0 bridgehead atoms. The van der Waals surface area contributed by atoms with Gasteiger partial charge in [-0.25, -0.2) is 4.79 Å². The van der Waals surface area contributed by atoms with E-state index in [2.05, 4.69) is 40.0 Å². The maximum absolute atomic E-state index is 12.3. The van der Waals surface area contributed by atoms with E-state index in [0.29, 0.717) is 0 Å². The number of hydrazine groups is 1. The second-order valence-electron chi connectivity index (χ2n) is 10.6. The molecule has 1 atom stereocenters. The number of fused-ring (bicyclic) bond motifs is 1. The van der Waals surface area contributed by atoms with Crippen molar-refractivity contribution in [2.24, 2.45) is 0 Å². The Labute approximate surface area is 202 Å². The van der Waals surface area contributed by atoms with Crippen LogP contribution in [0.5, 0.6) is 5.75 Å². The van der Waals surface area contributed by atoms with Gasteiger partial charge in [-0.2, -0.15) is 5.01 Å². The number of anilines is 1. The third-order valence-corrected chi connectivity index (χ3v) is 6.29. The van der Waals surface area contributed by atoms with Crippen LogP contribution in [0, 0.1) is 0 Å². The van der Waals surface area contributed by atoms with Gasteiger partial charge in [-0.15, -0.1) is 0 Å². The minimum absolute atomic E-state index is 0.0910. The van der Waals surface area contributed by atoms with Gasteiger partial charge in [0.25, 0.3) is 0 Å². The Balaban J connectivity index is 1.53. The number of hydrogen-bond acceptors (Lipinski definition) is 6. The summed E-state index contributed by atoms with van der Waals surface area (Å²) in [5.74, 6) is 0.877. The van der Waals surface area contributed by atoms with Crippen LogP contribution in [0.1, 0.15) is 65.0 Å². The smallest absolute Gasteiger partial charge is 0.408 e. The number of hydrogen-bond donors (Lipinski definition) is 2. The van der Waals surface area contributed by atoms with Crippen LogP contribution >= 0.6 is 0 Å². The van der Waals surface area contributed by atoms with E-state index in [1.807, 2.05) is 46.8 Å². The molecule has 34 heavy (non-hydrogen) atoms. The van der Waals surface area contributed by atoms with E-state index in [1.165, 1.54) is 6.42 Å². The Kier molecular flexibility index (Phi) is 6.78. The number of rotatable bonds is 5. The van der Waals surface area contributed by atoms with Crippen LogP contribution in [0.25, 0.3) is 11.1 Å². The molecule has 0 aromatic heterocycles. The van der Waals surface area contributed by atoms with Crippen molar-refractivity contribution in [1.82, 2.24) is 10.3 Å². The Hall–Kier alpha value is -2.77. The highest BCUT2D eigenvalue weighted by Gasteiger charge is 2.31. The molecule has 1 fully saturated rings. The predicted molar refractivity (Wildman–Crippen MR) is 134 cm³/mol. The summed E-state index contributed by atoms with van der Waals surface area (Å²) in [4.78, 5) is 12.3. The number of nitrogens with one attached hydrogen (secondary N) is 2. The molecule has 0 radical (unpaired) electrons. The normalized spacial score (nSPS) is 18.7. The molecule has 0 spiro atoms. The van der Waals surface area contributed by atoms with Crippen LogP contribution < -0.4 is 15.5 Å². The molecule has 1 amide bonds. The average Bonchev–Trinajstić information content (AvgIpc) is 3.22. The lowest BCUT2D eigenvalue weighted by molar-refractivity contribution is -0.0756. The maximum Gasteiger partial charge on any atom is 0.408 e. The van der Waals surface area contributed by atoms with Crippen LogP contribution in [0.15, 0.2) is 36.4 Å². The number of ether oxygens (including phenoxy) is 3. The topological polar surface area (TPSA) is 72.1 Å². The number of methoxy groups -OCH3 is 1. The Morgan fingerprint density at radius 1 is 1.09 bits per heavy atom. The van der Waals surface area contributed by atoms with Gasteiger partial charge in [-0.1, -0.05) is 24.3 Å². The molecule has 4 rings (SSSR count). The van der Waals surface area contributed by atoms with E-state index in [0.717, 1.165) is 59.7 Å². The second kappa shape index (κ2) is 9.47. The molecule has 7 heteroatoms. The molecule has 2 aromatic carbocycles. The number of nitrogens with zero attached hydrogens (tertiary/aromatic N) is 1. The van der Waals surface area contributed by atoms with Crippen LogP contribution in [-0.4, -0.2) is 36.6 Å². The zero-order valence-corrected chi connectivity index (χ0v) is 21.2. The number of alkyl carbamates (subject to hydrolysis) is 1. The molecule has 2 heterocycles. The van der Waals surface area contributed by atoms with Gasteiger partial charge in [0.2, 0.25) is 0 Å². The molecule has 2 N–H and O–H groups in total. The van der Waals surface area contributed by atoms with Crippen molar-refractivity contribution in [2.45, 2.75) is 77.8 Å². The van der Waals surface area contributed by atoms with E-state index in [9.17, 15) is 4.79 Å². The summed E-state index contributed by atoms with van der Waals surface area (Å²) in [7, 11) is 1.72. The van der Waals surface area contributed by atoms with Gasteiger partial charge >= 0.3 is 6.09 Å². The first-order chi connectivity index (χ1) is 16.1. The highest BCUT2D eigenvalue weighted by molar-refractivity contribution is 5.78. The van der Waals surface area contributed by atoms with Crippen LogP contribution in [0.3, 0.4) is 0 Å². The van der Waals surface area contributed by atoms with Gasteiger partial charge in [-0.05, 0) is 77.1 Å². The van der Waals surface area contributed by atoms with Gasteiger partial charge in [0.05, 0.1) is 24.9 Å². The first-order valence-electron chi connectivity index (χ1n) is 12.0. The van der Waals surface area contributed by atoms with E-state index < -0.39 is 17.2 Å². The lowest BCUT2D eigenvalue weighted by Crippen LogP contribution is -2.43. The molecule has 184 valence electrons. The van der Waals surface area contributed by atoms with E-state index in [4.69, 9.17) is 14.2 Å². The number of benzene rings is 2. The number of amides is 1. The molecule has 2 aliphatic heterocycles. The van der Waals surface area contributed by atoms with Crippen LogP contribution in [0.2, 0.25) is 0 Å². The summed E-state index contributed by atoms with van der Waals surface area (Å²) in [6.07, 6.45) is 3.01. The standard InChI is InChI=1S/C27H37N3O4/c1-26(2,3)34-25(31)28-27(4,5)19-12-10-18(11-13-19)20-14-15-22-21(24(20)32-6)17-30(29-22)23-9-7-8-16-33-23/h10-15,23,29H,7-9,16-17H2,1-6H3,(H,28,31). The van der Waals surface area contributed by atoms with Gasteiger partial charge in [0.1, 0.15) is 17.6 Å². The van der Waals surface area contributed by atoms with Gasteiger partial charge in [-0.3, -0.25) is 0 Å². The lowest BCUT2D eigenvalue weighted by atomic mass is 9.92. The first kappa shape index (κ1) is 24.4. The number of carbonyl (C=O) groups excluding carboxylic acids is 1. The monoisotopic (exact) mass is 467 g/mol. The first-order valence-corrected chi connectivity index (χ1v) is 12.0. The van der Waals surface area contributed by atoms with Crippen molar-refractivity contribution in [3.8, 4) is 16.9 Å². The summed E-state index contributed by atoms with van der Waals surface area (Å²) in [5, 5.41) is 5.14. The van der Waals surface area contributed by atoms with Crippen molar-refractivity contribution in [3.63, 3.8) is 0 Å². The molecule has 0 aliphatic carbocycles. The summed E-state index contributed by atoms with van der Waals surface area (Å²) >= 11 is 0. The third-order valence-electron chi connectivity index (χ3n) is 6.29. The molecule has 1 unspecified atom stereocenters. The highest BCUT2D eigenvalue weighted by Crippen LogP contribution is 2.42. The summed E-state index contributed by atoms with van der Waals surface area (Å²) in [6, 6.07) is 12.4. The molecule has 1 saturated heterocycles. The van der Waals surface area contributed by atoms with Crippen molar-refractivity contribution in [3.05, 3.63) is 47.5 Å². The highest BCUT2D eigenvalue weighted by atomic mass is 16.6. The summed E-state index contributed by atoms with van der Waals surface area (Å²) in [5.41, 5.74) is 7.68. The zero-order chi connectivity index (χ0) is 24.5. The molecular formula is C27H37N3O4. The van der Waals surface area contributed by atoms with E-state index >= 15 is 0 Å². The molecule has 7 nitrogen and oxygen atoms in total. The Bertz CT molecular complexity index is 1020. The minimum Gasteiger partial charge on any atom is -0.496 e. The molecule has 2 aliphatic rings. The van der Waals surface area contributed by atoms with Crippen molar-refractivity contribution < 1.29 is 19.0 Å². The SMILES string of the molecule is COc1c(-c2ccc(C(C)(C)NC(=O)OC(C)(C)C)cc2)ccc2c1CN(C1CCCCO1)N2. The minimum atomic E-state index is -0.576. The fourth-order valence-electron chi connectivity index (χ4n) is 4.56. The largest absolute Gasteiger partial charge is 0.496 e. The van der Waals surface area contributed by atoms with E-state index in [1.54, 1.807) is 7.11 Å². The quantitative estimate of drug-likeness (QED) is 0.580. The fourth-order valence-corrected chi connectivity index (χ4v) is 4.56. The van der Waals surface area contributed by atoms with E-state index in [-0.39, 0.29) is 6.23 Å². The summed E-state index contributed by atoms with van der Waals surface area (Å²) < 4.78 is 17.3. The fraction of sp³-hybridized carbons (Fsp3) is 0.519. The Morgan fingerprint density at radius 2 is 1.82 bits per heavy atom. The maximum atomic E-state index is 12.3. The summed E-state index contributed by atoms with van der Waals surface area (Å²) in [6.45, 7) is 11.1. The van der Waals surface area contributed by atoms with Crippen molar-refractivity contribution in [1.29, 1.82) is 0 Å². The van der Waals surface area contributed by atoms with Crippen molar-refractivity contribution >= 4 is 11.8 Å². The molecule has 2 aromatic rings. The predicted octanol–water partition coefficient (Wildman–Crippen LogP) is 5.79. The van der Waals surface area contributed by atoms with Crippen molar-refractivity contribution in [2.75, 3.05) is 19.1 Å². The molecule has 0 saturated carbocycles. The average molecular weight is 468 g/mol. The Morgan fingerprint density at radius 3 is 2.44 bits per heavy atom. The van der Waals surface area contributed by atoms with Crippen LogP contribution in [-0.2, 0) is 21.6 Å². The molecular weight excluding hydrogens is 430 g/mol.